The standard InChI is InChI=1S/C18H22N8O2.2ClH/c1-11-16(12(2)26(22-11)18-20-23-24-21-18)13-4-3-5-14(8-13)17(27)25-6-7-28-15(9-19)10-25;;/h3-5,8,15H,6-7,9-10,19H2,1-2H3,(H,20,21,23,24);2*1H. The number of ether oxygens (including phenoxy) is 1. The molecule has 1 unspecified atom stereocenters. The van der Waals surface area contributed by atoms with Crippen LogP contribution in [0.15, 0.2) is 24.3 Å². The van der Waals surface area contributed by atoms with E-state index in [4.69, 9.17) is 10.5 Å². The number of rotatable bonds is 4. The molecule has 1 aliphatic rings. The van der Waals surface area contributed by atoms with Gasteiger partial charge in [0.25, 0.3) is 11.9 Å². The maximum absolute atomic E-state index is 13.0. The average Bonchev–Trinajstić information content (AvgIpc) is 3.35. The summed E-state index contributed by atoms with van der Waals surface area (Å²) in [6.45, 7) is 5.83. The molecular weight excluding hydrogens is 431 g/mol. The molecule has 1 atom stereocenters. The summed E-state index contributed by atoms with van der Waals surface area (Å²) in [4.78, 5) is 14.8. The van der Waals surface area contributed by atoms with Crippen LogP contribution in [0.5, 0.6) is 0 Å². The van der Waals surface area contributed by atoms with Crippen molar-refractivity contribution >= 4 is 30.7 Å². The van der Waals surface area contributed by atoms with Crippen LogP contribution in [0.4, 0.5) is 0 Å². The van der Waals surface area contributed by atoms with Gasteiger partial charge in [-0.3, -0.25) is 4.79 Å². The van der Waals surface area contributed by atoms with Gasteiger partial charge in [-0.05, 0) is 36.8 Å². The van der Waals surface area contributed by atoms with Gasteiger partial charge in [-0.25, -0.2) is 0 Å². The van der Waals surface area contributed by atoms with E-state index in [1.807, 2.05) is 38.1 Å². The predicted octanol–water partition coefficient (Wildman–Crippen LogP) is 1.31. The number of tetrazole rings is 1. The Bertz CT molecular complexity index is 992. The Balaban J connectivity index is 0.00000160. The number of amides is 1. The molecule has 3 aromatic rings. The third kappa shape index (κ3) is 4.46. The van der Waals surface area contributed by atoms with E-state index in [0.717, 1.165) is 22.5 Å². The highest BCUT2D eigenvalue weighted by Gasteiger charge is 2.25. The monoisotopic (exact) mass is 454 g/mol. The molecule has 162 valence electrons. The highest BCUT2D eigenvalue weighted by atomic mass is 35.5. The quantitative estimate of drug-likeness (QED) is 0.607. The first-order valence-electron chi connectivity index (χ1n) is 9.10. The number of nitrogens with one attached hydrogen (secondary N) is 1. The van der Waals surface area contributed by atoms with E-state index in [0.29, 0.717) is 37.8 Å². The van der Waals surface area contributed by atoms with Crippen LogP contribution < -0.4 is 5.73 Å². The number of aromatic nitrogens is 6. The van der Waals surface area contributed by atoms with Crippen LogP contribution >= 0.6 is 24.8 Å². The molecule has 1 fully saturated rings. The van der Waals surface area contributed by atoms with Crippen molar-refractivity contribution in [3.05, 3.63) is 41.2 Å². The Hall–Kier alpha value is -2.53. The number of nitrogens with two attached hydrogens (primary N) is 1. The van der Waals surface area contributed by atoms with Crippen molar-refractivity contribution in [3.8, 4) is 17.1 Å². The molecule has 3 heterocycles. The van der Waals surface area contributed by atoms with E-state index in [-0.39, 0.29) is 36.8 Å². The number of carbonyl (C=O) groups is 1. The number of benzene rings is 1. The minimum Gasteiger partial charge on any atom is -0.373 e. The number of nitrogens with zero attached hydrogens (tertiary/aromatic N) is 6. The van der Waals surface area contributed by atoms with Crippen molar-refractivity contribution in [1.82, 2.24) is 35.3 Å². The number of halogens is 2. The van der Waals surface area contributed by atoms with Crippen LogP contribution in [-0.4, -0.2) is 73.6 Å². The van der Waals surface area contributed by atoms with Crippen LogP contribution in [0.2, 0.25) is 0 Å². The molecule has 10 nitrogen and oxygen atoms in total. The van der Waals surface area contributed by atoms with Gasteiger partial charge in [0.2, 0.25) is 0 Å². The average molecular weight is 455 g/mol. The van der Waals surface area contributed by atoms with Crippen LogP contribution in [0, 0.1) is 13.8 Å². The lowest BCUT2D eigenvalue weighted by molar-refractivity contribution is -0.0167. The number of hydrogen-bond acceptors (Lipinski definition) is 7. The number of carbonyl (C=O) groups excluding carboxylic acids is 1. The van der Waals surface area contributed by atoms with Crippen molar-refractivity contribution in [2.75, 3.05) is 26.2 Å². The largest absolute Gasteiger partial charge is 0.373 e. The summed E-state index contributed by atoms with van der Waals surface area (Å²) in [6, 6.07) is 7.57. The van der Waals surface area contributed by atoms with Gasteiger partial charge < -0.3 is 15.4 Å². The fraction of sp³-hybridized carbons (Fsp3) is 0.389. The number of morpholine rings is 1. The van der Waals surface area contributed by atoms with Gasteiger partial charge in [0, 0.05) is 30.8 Å². The first kappa shape index (κ1) is 23.7. The third-order valence-electron chi connectivity index (χ3n) is 4.90. The van der Waals surface area contributed by atoms with Gasteiger partial charge in [0.15, 0.2) is 0 Å². The number of hydrogen-bond donors (Lipinski definition) is 2. The lowest BCUT2D eigenvalue weighted by Crippen LogP contribution is -2.48. The second kappa shape index (κ2) is 9.98. The van der Waals surface area contributed by atoms with Crippen LogP contribution in [0.1, 0.15) is 21.7 Å². The molecule has 3 N–H and O–H groups in total. The molecule has 0 radical (unpaired) electrons. The molecule has 30 heavy (non-hydrogen) atoms. The minimum absolute atomic E-state index is 0. The van der Waals surface area contributed by atoms with Gasteiger partial charge in [0.05, 0.1) is 24.1 Å². The van der Waals surface area contributed by atoms with Gasteiger partial charge in [-0.2, -0.15) is 15.0 Å². The summed E-state index contributed by atoms with van der Waals surface area (Å²) in [5.74, 6) is 0.352. The van der Waals surface area contributed by atoms with E-state index in [9.17, 15) is 4.79 Å². The first-order chi connectivity index (χ1) is 13.6. The maximum Gasteiger partial charge on any atom is 0.290 e. The SMILES string of the molecule is Cc1nn(-c2nn[nH]n2)c(C)c1-c1cccc(C(=O)N2CCOC(CN)C2)c1.Cl.Cl. The second-order valence-electron chi connectivity index (χ2n) is 6.73. The molecule has 2 aromatic heterocycles. The Morgan fingerprint density at radius 3 is 2.83 bits per heavy atom. The zero-order valence-corrected chi connectivity index (χ0v) is 18.2. The van der Waals surface area contributed by atoms with Gasteiger partial charge >= 0.3 is 0 Å². The number of aryl methyl sites for hydroxylation is 1. The van der Waals surface area contributed by atoms with E-state index >= 15 is 0 Å². The molecule has 0 bridgehead atoms. The highest BCUT2D eigenvalue weighted by molar-refractivity contribution is 5.95. The normalized spacial score (nSPS) is 16.0. The molecule has 0 spiro atoms. The Morgan fingerprint density at radius 1 is 1.33 bits per heavy atom. The number of aromatic amines is 1. The summed E-state index contributed by atoms with van der Waals surface area (Å²) in [6.07, 6.45) is -0.112. The van der Waals surface area contributed by atoms with Gasteiger partial charge in [-0.15, -0.1) is 29.9 Å². The van der Waals surface area contributed by atoms with E-state index in [1.54, 1.807) is 9.58 Å². The molecular formula is C18H24Cl2N8O2. The third-order valence-corrected chi connectivity index (χ3v) is 4.90. The van der Waals surface area contributed by atoms with Crippen LogP contribution in [0.3, 0.4) is 0 Å². The van der Waals surface area contributed by atoms with E-state index in [2.05, 4.69) is 25.7 Å². The van der Waals surface area contributed by atoms with Gasteiger partial charge in [-0.1, -0.05) is 17.2 Å². The molecule has 1 amide bonds. The van der Waals surface area contributed by atoms with Crippen molar-refractivity contribution in [1.29, 1.82) is 0 Å². The zero-order valence-electron chi connectivity index (χ0n) is 16.6. The smallest absolute Gasteiger partial charge is 0.290 e. The summed E-state index contributed by atoms with van der Waals surface area (Å²) in [7, 11) is 0. The summed E-state index contributed by atoms with van der Waals surface area (Å²) < 4.78 is 7.19. The molecule has 0 saturated carbocycles. The molecule has 0 aliphatic carbocycles. The Labute approximate surface area is 186 Å². The first-order valence-corrected chi connectivity index (χ1v) is 9.10. The molecule has 4 rings (SSSR count). The molecule has 12 heteroatoms. The van der Waals surface area contributed by atoms with Crippen molar-refractivity contribution in [3.63, 3.8) is 0 Å². The maximum atomic E-state index is 13.0. The van der Waals surface area contributed by atoms with E-state index < -0.39 is 0 Å². The zero-order chi connectivity index (χ0) is 19.7. The summed E-state index contributed by atoms with van der Waals surface area (Å²) in [5.41, 5.74) is 9.87. The van der Waals surface area contributed by atoms with Crippen molar-refractivity contribution in [2.24, 2.45) is 5.73 Å². The second-order valence-corrected chi connectivity index (χ2v) is 6.73. The summed E-state index contributed by atoms with van der Waals surface area (Å²) >= 11 is 0. The van der Waals surface area contributed by atoms with Crippen molar-refractivity contribution in [2.45, 2.75) is 20.0 Å². The lowest BCUT2D eigenvalue weighted by Gasteiger charge is -2.32. The van der Waals surface area contributed by atoms with E-state index in [1.165, 1.54) is 0 Å². The lowest BCUT2D eigenvalue weighted by atomic mass is 10.0. The van der Waals surface area contributed by atoms with Crippen LogP contribution in [-0.2, 0) is 4.74 Å². The Morgan fingerprint density at radius 2 is 2.13 bits per heavy atom. The fourth-order valence-corrected chi connectivity index (χ4v) is 3.54. The minimum atomic E-state index is -0.112. The van der Waals surface area contributed by atoms with Crippen LogP contribution in [0.25, 0.3) is 17.1 Å². The molecule has 1 aliphatic heterocycles. The molecule has 1 aromatic carbocycles. The Kier molecular flexibility index (Phi) is 7.90. The molecule has 1 saturated heterocycles. The predicted molar refractivity (Wildman–Crippen MR) is 115 cm³/mol. The topological polar surface area (TPSA) is 128 Å². The number of H-pyrrole nitrogens is 1. The van der Waals surface area contributed by atoms with Crippen molar-refractivity contribution < 1.29 is 9.53 Å². The van der Waals surface area contributed by atoms with Gasteiger partial charge in [0.1, 0.15) is 0 Å². The fourth-order valence-electron chi connectivity index (χ4n) is 3.54. The summed E-state index contributed by atoms with van der Waals surface area (Å²) in [5, 5.41) is 18.5. The highest BCUT2D eigenvalue weighted by Crippen LogP contribution is 2.29.